The number of methoxy groups -OCH3 is 1. The second kappa shape index (κ2) is 9.45. The van der Waals surface area contributed by atoms with Crippen LogP contribution in [0.2, 0.25) is 0 Å². The van der Waals surface area contributed by atoms with Gasteiger partial charge in [0.15, 0.2) is 30.5 Å². The summed E-state index contributed by atoms with van der Waals surface area (Å²) < 4.78 is 41.4. The largest absolute Gasteiger partial charge is 0.493 e. The number of Topliss-reactive ketones (excluding diaryl/α,β-unsaturated/α-hetero) is 1. The molecule has 1 amide bonds. The maximum Gasteiger partial charge on any atom is 0.344 e. The molecule has 0 spiro atoms. The lowest BCUT2D eigenvalue weighted by Crippen LogP contribution is -2.24. The van der Waals surface area contributed by atoms with Gasteiger partial charge in [-0.05, 0) is 37.3 Å². The highest BCUT2D eigenvalue weighted by atomic mass is 19.1. The summed E-state index contributed by atoms with van der Waals surface area (Å²) in [6.07, 6.45) is 0. The molecule has 0 fully saturated rings. The first-order valence-electron chi connectivity index (χ1n) is 8.02. The van der Waals surface area contributed by atoms with Gasteiger partial charge in [0.25, 0.3) is 5.91 Å². The fraction of sp³-hybridized carbons (Fsp3) is 0.211. The third-order valence-corrected chi connectivity index (χ3v) is 3.49. The van der Waals surface area contributed by atoms with Crippen molar-refractivity contribution in [2.24, 2.45) is 0 Å². The topological polar surface area (TPSA) is 90.9 Å². The number of hydrogen-bond acceptors (Lipinski definition) is 6. The Morgan fingerprint density at radius 3 is 2.39 bits per heavy atom. The van der Waals surface area contributed by atoms with E-state index >= 15 is 0 Å². The SMILES string of the molecule is COc1cc(C(C)=O)ccc1OCC(=O)OCC(=O)Nc1ccc(F)cc1F. The molecule has 0 saturated heterocycles. The lowest BCUT2D eigenvalue weighted by Gasteiger charge is -2.11. The number of hydrogen-bond donors (Lipinski definition) is 1. The van der Waals surface area contributed by atoms with Crippen molar-refractivity contribution in [2.75, 3.05) is 25.6 Å². The minimum Gasteiger partial charge on any atom is -0.493 e. The zero-order valence-corrected chi connectivity index (χ0v) is 15.1. The zero-order chi connectivity index (χ0) is 20.7. The molecule has 2 aromatic rings. The molecule has 0 saturated carbocycles. The van der Waals surface area contributed by atoms with E-state index in [-0.39, 0.29) is 23.0 Å². The van der Waals surface area contributed by atoms with Crippen molar-refractivity contribution in [1.82, 2.24) is 0 Å². The minimum absolute atomic E-state index is 0.159. The van der Waals surface area contributed by atoms with Crippen molar-refractivity contribution in [1.29, 1.82) is 0 Å². The highest BCUT2D eigenvalue weighted by molar-refractivity contribution is 5.95. The van der Waals surface area contributed by atoms with Gasteiger partial charge in [-0.25, -0.2) is 13.6 Å². The summed E-state index contributed by atoms with van der Waals surface area (Å²) in [6, 6.07) is 7.07. The number of carbonyl (C=O) groups is 3. The van der Waals surface area contributed by atoms with E-state index in [1.807, 2.05) is 0 Å². The molecule has 7 nitrogen and oxygen atoms in total. The molecule has 2 rings (SSSR count). The van der Waals surface area contributed by atoms with E-state index in [0.717, 1.165) is 12.1 Å². The Balaban J connectivity index is 1.84. The quantitative estimate of drug-likeness (QED) is 0.548. The highest BCUT2D eigenvalue weighted by Gasteiger charge is 2.13. The number of ketones is 1. The summed E-state index contributed by atoms with van der Waals surface area (Å²) in [6.45, 7) is 0.197. The summed E-state index contributed by atoms with van der Waals surface area (Å²) in [7, 11) is 1.38. The molecule has 9 heteroatoms. The zero-order valence-electron chi connectivity index (χ0n) is 15.1. The number of nitrogens with one attached hydrogen (secondary N) is 1. The maximum absolute atomic E-state index is 13.5. The van der Waals surface area contributed by atoms with Gasteiger partial charge in [0.2, 0.25) is 0 Å². The van der Waals surface area contributed by atoms with Crippen molar-refractivity contribution in [2.45, 2.75) is 6.92 Å². The van der Waals surface area contributed by atoms with Crippen LogP contribution >= 0.6 is 0 Å². The predicted molar refractivity (Wildman–Crippen MR) is 94.4 cm³/mol. The first-order chi connectivity index (χ1) is 13.3. The first kappa shape index (κ1) is 20.8. The summed E-state index contributed by atoms with van der Waals surface area (Å²) in [4.78, 5) is 34.8. The smallest absolute Gasteiger partial charge is 0.344 e. The summed E-state index contributed by atoms with van der Waals surface area (Å²) in [5, 5.41) is 2.15. The fourth-order valence-corrected chi connectivity index (χ4v) is 2.11. The Morgan fingerprint density at radius 2 is 1.75 bits per heavy atom. The number of rotatable bonds is 8. The average Bonchev–Trinajstić information content (AvgIpc) is 2.66. The second-order valence-corrected chi connectivity index (χ2v) is 5.54. The highest BCUT2D eigenvalue weighted by Crippen LogP contribution is 2.28. The van der Waals surface area contributed by atoms with Crippen molar-refractivity contribution < 1.29 is 37.4 Å². The van der Waals surface area contributed by atoms with Crippen LogP contribution in [-0.4, -0.2) is 38.0 Å². The fourth-order valence-electron chi connectivity index (χ4n) is 2.11. The molecule has 0 aliphatic carbocycles. The van der Waals surface area contributed by atoms with E-state index in [9.17, 15) is 23.2 Å². The molecule has 2 aromatic carbocycles. The molecule has 0 bridgehead atoms. The van der Waals surface area contributed by atoms with Gasteiger partial charge in [0.1, 0.15) is 11.6 Å². The van der Waals surface area contributed by atoms with E-state index in [2.05, 4.69) is 5.32 Å². The molecule has 0 heterocycles. The summed E-state index contributed by atoms with van der Waals surface area (Å²) in [5.74, 6) is -3.09. The lowest BCUT2D eigenvalue weighted by atomic mass is 10.1. The van der Waals surface area contributed by atoms with Gasteiger partial charge in [0.05, 0.1) is 12.8 Å². The van der Waals surface area contributed by atoms with Crippen molar-refractivity contribution in [3.8, 4) is 11.5 Å². The Morgan fingerprint density at radius 1 is 1.00 bits per heavy atom. The normalized spacial score (nSPS) is 10.1. The van der Waals surface area contributed by atoms with Crippen LogP contribution in [0.4, 0.5) is 14.5 Å². The Kier molecular flexibility index (Phi) is 7.02. The monoisotopic (exact) mass is 393 g/mol. The molecule has 0 aromatic heterocycles. The Hall–Kier alpha value is -3.49. The van der Waals surface area contributed by atoms with Gasteiger partial charge in [-0.2, -0.15) is 0 Å². The molecule has 0 aliphatic rings. The van der Waals surface area contributed by atoms with E-state index in [1.165, 1.54) is 32.2 Å². The van der Waals surface area contributed by atoms with Crippen LogP contribution in [0.1, 0.15) is 17.3 Å². The minimum atomic E-state index is -0.955. The third kappa shape index (κ3) is 5.76. The molecule has 28 heavy (non-hydrogen) atoms. The van der Waals surface area contributed by atoms with Crippen LogP contribution < -0.4 is 14.8 Å². The van der Waals surface area contributed by atoms with E-state index in [4.69, 9.17) is 14.2 Å². The van der Waals surface area contributed by atoms with Crippen LogP contribution in [0.3, 0.4) is 0 Å². The van der Waals surface area contributed by atoms with Gasteiger partial charge >= 0.3 is 5.97 Å². The maximum atomic E-state index is 13.5. The van der Waals surface area contributed by atoms with Crippen LogP contribution in [0.5, 0.6) is 11.5 Å². The summed E-state index contributed by atoms with van der Waals surface area (Å²) >= 11 is 0. The number of benzene rings is 2. The van der Waals surface area contributed by atoms with Crippen molar-refractivity contribution in [3.05, 3.63) is 53.6 Å². The number of esters is 1. The average molecular weight is 393 g/mol. The molecular formula is C19H17F2NO6. The predicted octanol–water partition coefficient (Wildman–Crippen LogP) is 2.74. The van der Waals surface area contributed by atoms with E-state index in [0.29, 0.717) is 11.6 Å². The van der Waals surface area contributed by atoms with Gasteiger partial charge in [-0.3, -0.25) is 9.59 Å². The van der Waals surface area contributed by atoms with Crippen molar-refractivity contribution in [3.63, 3.8) is 0 Å². The van der Waals surface area contributed by atoms with Gasteiger partial charge in [0, 0.05) is 11.6 Å². The number of carbonyl (C=O) groups excluding carboxylic acids is 3. The molecule has 148 valence electrons. The Bertz CT molecular complexity index is 900. The standard InChI is InChI=1S/C19H17F2NO6/c1-11(23)12-3-6-16(17(7-12)26-2)27-10-19(25)28-9-18(24)22-15-5-4-13(20)8-14(15)21/h3-8H,9-10H2,1-2H3,(H,22,24). The lowest BCUT2D eigenvalue weighted by molar-refractivity contribution is -0.149. The molecule has 0 atom stereocenters. The van der Waals surface area contributed by atoms with E-state index in [1.54, 1.807) is 0 Å². The molecule has 0 aliphatic heterocycles. The molecule has 0 radical (unpaired) electrons. The number of halogens is 2. The second-order valence-electron chi connectivity index (χ2n) is 5.54. The van der Waals surface area contributed by atoms with E-state index < -0.39 is 36.7 Å². The molecule has 1 N–H and O–H groups in total. The van der Waals surface area contributed by atoms with Crippen molar-refractivity contribution >= 4 is 23.3 Å². The van der Waals surface area contributed by atoms with Gasteiger partial charge in [-0.1, -0.05) is 0 Å². The molecule has 0 unspecified atom stereocenters. The third-order valence-electron chi connectivity index (χ3n) is 3.49. The number of amides is 1. The molecular weight excluding hydrogens is 376 g/mol. The number of ether oxygens (including phenoxy) is 3. The van der Waals surface area contributed by atoms with Gasteiger partial charge in [-0.15, -0.1) is 0 Å². The number of anilines is 1. The van der Waals surface area contributed by atoms with Crippen LogP contribution in [0.25, 0.3) is 0 Å². The Labute approximate surface area is 159 Å². The van der Waals surface area contributed by atoms with Gasteiger partial charge < -0.3 is 19.5 Å². The van der Waals surface area contributed by atoms with Crippen LogP contribution in [0, 0.1) is 11.6 Å². The van der Waals surface area contributed by atoms with Crippen LogP contribution in [-0.2, 0) is 14.3 Å². The van der Waals surface area contributed by atoms with Crippen LogP contribution in [0.15, 0.2) is 36.4 Å². The summed E-state index contributed by atoms with van der Waals surface area (Å²) in [5.41, 5.74) is 0.172. The first-order valence-corrected chi connectivity index (χ1v) is 8.02.